The molecule has 1 fully saturated rings. The lowest BCUT2D eigenvalue weighted by Crippen LogP contribution is -2.56. The Morgan fingerprint density at radius 2 is 2.25 bits per heavy atom. The van der Waals surface area contributed by atoms with Crippen molar-refractivity contribution in [2.45, 2.75) is 31.3 Å². The van der Waals surface area contributed by atoms with Gasteiger partial charge in [0, 0.05) is 37.4 Å². The molecule has 2 N–H and O–H groups in total. The second-order valence-electron chi connectivity index (χ2n) is 4.66. The molecule has 0 bridgehead atoms. The normalized spacial score (nSPS) is 18.0. The van der Waals surface area contributed by atoms with E-state index in [4.69, 9.17) is 5.73 Å². The Bertz CT molecular complexity index is 327. The van der Waals surface area contributed by atoms with Crippen LogP contribution in [-0.2, 0) is 13.6 Å². The topological polar surface area (TPSA) is 47.1 Å². The molecule has 16 heavy (non-hydrogen) atoms. The van der Waals surface area contributed by atoms with Crippen LogP contribution in [0.5, 0.6) is 0 Å². The van der Waals surface area contributed by atoms with E-state index in [1.54, 1.807) is 0 Å². The molecule has 0 saturated heterocycles. The summed E-state index contributed by atoms with van der Waals surface area (Å²) in [4.78, 5) is 2.38. The zero-order valence-corrected chi connectivity index (χ0v) is 10.8. The van der Waals surface area contributed by atoms with Crippen molar-refractivity contribution in [3.63, 3.8) is 0 Å². The third kappa shape index (κ3) is 2.39. The fraction of sp³-hybridized carbons (Fsp3) is 0.727. The highest BCUT2D eigenvalue weighted by Gasteiger charge is 2.39. The Kier molecular flexibility index (Phi) is 4.35. The van der Waals surface area contributed by atoms with E-state index in [1.165, 1.54) is 24.8 Å². The summed E-state index contributed by atoms with van der Waals surface area (Å²) in [6.45, 7) is 1.72. The van der Waals surface area contributed by atoms with Crippen LogP contribution in [0, 0.1) is 0 Å². The molecule has 1 aliphatic rings. The van der Waals surface area contributed by atoms with Crippen molar-refractivity contribution in [2.24, 2.45) is 12.8 Å². The third-order valence-corrected chi connectivity index (χ3v) is 3.65. The minimum absolute atomic E-state index is 0. The molecule has 1 saturated carbocycles. The molecular weight excluding hydrogens is 224 g/mol. The Hall–Kier alpha value is -0.580. The highest BCUT2D eigenvalue weighted by atomic mass is 35.5. The van der Waals surface area contributed by atoms with E-state index >= 15 is 0 Å². The van der Waals surface area contributed by atoms with Gasteiger partial charge in [0.05, 0.1) is 6.20 Å². The van der Waals surface area contributed by atoms with Gasteiger partial charge in [-0.3, -0.25) is 9.58 Å². The van der Waals surface area contributed by atoms with E-state index in [2.05, 4.69) is 23.2 Å². The number of likely N-dealkylation sites (N-methyl/N-ethyl adjacent to an activating group) is 1. The zero-order valence-electron chi connectivity index (χ0n) is 10.0. The molecule has 0 radical (unpaired) electrons. The smallest absolute Gasteiger partial charge is 0.0534 e. The second kappa shape index (κ2) is 5.17. The van der Waals surface area contributed by atoms with Crippen LogP contribution in [0.3, 0.4) is 0 Å². The average molecular weight is 245 g/mol. The lowest BCUT2D eigenvalue weighted by Gasteiger charge is -2.48. The summed E-state index contributed by atoms with van der Waals surface area (Å²) in [5.74, 6) is 0. The van der Waals surface area contributed by atoms with Crippen LogP contribution in [0.15, 0.2) is 12.4 Å². The maximum atomic E-state index is 5.87. The lowest BCUT2D eigenvalue weighted by molar-refractivity contribution is 0.0398. The standard InChI is InChI=1S/C11H20N4.ClH/c1-14(11(9-12)4-3-5-11)7-10-6-13-15(2)8-10;/h6,8H,3-5,7,9,12H2,1-2H3;1H. The molecule has 1 aliphatic carbocycles. The zero-order chi connectivity index (χ0) is 10.9. The Labute approximate surface area is 103 Å². The van der Waals surface area contributed by atoms with E-state index in [-0.39, 0.29) is 17.9 Å². The SMILES string of the molecule is CN(Cc1cnn(C)c1)C1(CN)CCC1.Cl. The molecule has 0 atom stereocenters. The molecule has 0 spiro atoms. The van der Waals surface area contributed by atoms with E-state index in [0.717, 1.165) is 13.1 Å². The third-order valence-electron chi connectivity index (χ3n) is 3.65. The van der Waals surface area contributed by atoms with Gasteiger partial charge in [0.25, 0.3) is 0 Å². The molecule has 4 nitrogen and oxygen atoms in total. The second-order valence-corrected chi connectivity index (χ2v) is 4.66. The Balaban J connectivity index is 0.00000128. The molecule has 1 heterocycles. The van der Waals surface area contributed by atoms with Crippen LogP contribution < -0.4 is 5.73 Å². The number of aromatic nitrogens is 2. The molecular formula is C11H21ClN4. The van der Waals surface area contributed by atoms with Gasteiger partial charge in [0.15, 0.2) is 0 Å². The molecule has 2 rings (SSSR count). The van der Waals surface area contributed by atoms with Crippen molar-refractivity contribution in [3.8, 4) is 0 Å². The van der Waals surface area contributed by atoms with Crippen molar-refractivity contribution in [2.75, 3.05) is 13.6 Å². The Morgan fingerprint density at radius 1 is 1.56 bits per heavy atom. The highest BCUT2D eigenvalue weighted by molar-refractivity contribution is 5.85. The van der Waals surface area contributed by atoms with Crippen LogP contribution >= 0.6 is 12.4 Å². The van der Waals surface area contributed by atoms with Crippen LogP contribution in [0.1, 0.15) is 24.8 Å². The summed E-state index contributed by atoms with van der Waals surface area (Å²) in [6, 6.07) is 0. The lowest BCUT2D eigenvalue weighted by atomic mass is 9.75. The van der Waals surface area contributed by atoms with Gasteiger partial charge in [-0.25, -0.2) is 0 Å². The molecule has 92 valence electrons. The van der Waals surface area contributed by atoms with Crippen LogP contribution in [0.25, 0.3) is 0 Å². The van der Waals surface area contributed by atoms with Crippen molar-refractivity contribution in [3.05, 3.63) is 18.0 Å². The number of halogens is 1. The maximum Gasteiger partial charge on any atom is 0.0534 e. The number of nitrogens with two attached hydrogens (primary N) is 1. The van der Waals surface area contributed by atoms with Gasteiger partial charge in [0.2, 0.25) is 0 Å². The van der Waals surface area contributed by atoms with Gasteiger partial charge in [-0.05, 0) is 26.3 Å². The fourth-order valence-electron chi connectivity index (χ4n) is 2.32. The molecule has 0 amide bonds. The summed E-state index contributed by atoms with van der Waals surface area (Å²) in [6.07, 6.45) is 7.79. The maximum absolute atomic E-state index is 5.87. The number of hydrogen-bond acceptors (Lipinski definition) is 3. The largest absolute Gasteiger partial charge is 0.329 e. The van der Waals surface area contributed by atoms with Crippen molar-refractivity contribution >= 4 is 12.4 Å². The van der Waals surface area contributed by atoms with E-state index < -0.39 is 0 Å². The van der Waals surface area contributed by atoms with Gasteiger partial charge in [-0.1, -0.05) is 0 Å². The fourth-order valence-corrected chi connectivity index (χ4v) is 2.32. The number of nitrogens with zero attached hydrogens (tertiary/aromatic N) is 3. The number of hydrogen-bond donors (Lipinski definition) is 1. The van der Waals surface area contributed by atoms with Crippen molar-refractivity contribution in [1.82, 2.24) is 14.7 Å². The first-order valence-electron chi connectivity index (χ1n) is 5.55. The Morgan fingerprint density at radius 3 is 2.62 bits per heavy atom. The van der Waals surface area contributed by atoms with E-state index in [9.17, 15) is 0 Å². The molecule has 0 aromatic carbocycles. The summed E-state index contributed by atoms with van der Waals surface area (Å²) in [5, 5.41) is 4.18. The first-order chi connectivity index (χ1) is 7.16. The van der Waals surface area contributed by atoms with E-state index in [1.807, 2.05) is 17.9 Å². The van der Waals surface area contributed by atoms with Gasteiger partial charge in [-0.2, -0.15) is 5.10 Å². The molecule has 0 unspecified atom stereocenters. The van der Waals surface area contributed by atoms with Crippen molar-refractivity contribution in [1.29, 1.82) is 0 Å². The van der Waals surface area contributed by atoms with Gasteiger partial charge < -0.3 is 5.73 Å². The molecule has 5 heteroatoms. The number of aryl methyl sites for hydroxylation is 1. The first kappa shape index (κ1) is 13.5. The van der Waals surface area contributed by atoms with Crippen LogP contribution in [0.4, 0.5) is 0 Å². The quantitative estimate of drug-likeness (QED) is 0.865. The van der Waals surface area contributed by atoms with E-state index in [0.29, 0.717) is 0 Å². The molecule has 1 aromatic heterocycles. The van der Waals surface area contributed by atoms with Crippen LogP contribution in [-0.4, -0.2) is 33.8 Å². The average Bonchev–Trinajstić information content (AvgIpc) is 2.50. The first-order valence-corrected chi connectivity index (χ1v) is 5.55. The van der Waals surface area contributed by atoms with Crippen LogP contribution in [0.2, 0.25) is 0 Å². The minimum Gasteiger partial charge on any atom is -0.329 e. The highest BCUT2D eigenvalue weighted by Crippen LogP contribution is 2.36. The monoisotopic (exact) mass is 244 g/mol. The molecule has 0 aliphatic heterocycles. The van der Waals surface area contributed by atoms with Gasteiger partial charge in [0.1, 0.15) is 0 Å². The summed E-state index contributed by atoms with van der Waals surface area (Å²) < 4.78 is 1.85. The van der Waals surface area contributed by atoms with Gasteiger partial charge >= 0.3 is 0 Å². The summed E-state index contributed by atoms with van der Waals surface area (Å²) >= 11 is 0. The molecule has 1 aromatic rings. The van der Waals surface area contributed by atoms with Crippen molar-refractivity contribution < 1.29 is 0 Å². The van der Waals surface area contributed by atoms with Gasteiger partial charge in [-0.15, -0.1) is 12.4 Å². The minimum atomic E-state index is 0. The predicted molar refractivity (Wildman–Crippen MR) is 67.6 cm³/mol. The predicted octanol–water partition coefficient (Wildman–Crippen LogP) is 1.16. The number of rotatable bonds is 4. The summed E-state index contributed by atoms with van der Waals surface area (Å²) in [7, 11) is 4.12. The summed E-state index contributed by atoms with van der Waals surface area (Å²) in [5.41, 5.74) is 7.39.